The Labute approximate surface area is 179 Å². The number of anilines is 2. The largest absolute Gasteiger partial charge is 0.491 e. The molecule has 1 aliphatic rings. The lowest BCUT2D eigenvalue weighted by atomic mass is 10.0. The molecule has 1 heterocycles. The van der Waals surface area contributed by atoms with Crippen LogP contribution in [0.25, 0.3) is 5.57 Å². The van der Waals surface area contributed by atoms with Gasteiger partial charge in [-0.25, -0.2) is 9.29 Å². The van der Waals surface area contributed by atoms with Crippen LogP contribution in [0, 0.1) is 5.82 Å². The number of rotatable bonds is 6. The van der Waals surface area contributed by atoms with Gasteiger partial charge in [0.25, 0.3) is 11.8 Å². The van der Waals surface area contributed by atoms with Gasteiger partial charge in [-0.1, -0.05) is 30.3 Å². The van der Waals surface area contributed by atoms with Crippen LogP contribution in [0.5, 0.6) is 5.75 Å². The fraction of sp³-hybridized carbons (Fsp3) is 0.120. The van der Waals surface area contributed by atoms with E-state index in [0.717, 1.165) is 4.90 Å². The monoisotopic (exact) mass is 416 g/mol. The Morgan fingerprint density at radius 2 is 1.48 bits per heavy atom. The van der Waals surface area contributed by atoms with Gasteiger partial charge in [0.05, 0.1) is 17.4 Å². The predicted octanol–water partition coefficient (Wildman–Crippen LogP) is 5.01. The van der Waals surface area contributed by atoms with Crippen LogP contribution in [0.1, 0.15) is 19.4 Å². The highest BCUT2D eigenvalue weighted by atomic mass is 19.1. The second-order valence-electron chi connectivity index (χ2n) is 7.35. The van der Waals surface area contributed by atoms with Crippen molar-refractivity contribution in [1.29, 1.82) is 0 Å². The molecule has 0 bridgehead atoms. The van der Waals surface area contributed by atoms with E-state index >= 15 is 0 Å². The SMILES string of the molecule is CC(C)Oc1ccc(N2C(=O)C(Nc3ccccc3)=C(c3ccc(F)cc3)C2=O)cc1. The Bertz CT molecular complexity index is 1140. The molecule has 2 amide bonds. The van der Waals surface area contributed by atoms with Crippen LogP contribution in [0.15, 0.2) is 84.6 Å². The maximum Gasteiger partial charge on any atom is 0.282 e. The second kappa shape index (κ2) is 8.44. The van der Waals surface area contributed by atoms with Crippen molar-refractivity contribution >= 4 is 28.8 Å². The fourth-order valence-corrected chi connectivity index (χ4v) is 3.38. The van der Waals surface area contributed by atoms with Crippen LogP contribution >= 0.6 is 0 Å². The number of carbonyl (C=O) groups is 2. The molecular weight excluding hydrogens is 395 g/mol. The molecule has 0 saturated heterocycles. The summed E-state index contributed by atoms with van der Waals surface area (Å²) in [5.74, 6) is -0.734. The second-order valence-corrected chi connectivity index (χ2v) is 7.35. The summed E-state index contributed by atoms with van der Waals surface area (Å²) in [4.78, 5) is 27.8. The first-order valence-electron chi connectivity index (χ1n) is 9.92. The Balaban J connectivity index is 1.74. The summed E-state index contributed by atoms with van der Waals surface area (Å²) in [5.41, 5.74) is 1.89. The van der Waals surface area contributed by atoms with Gasteiger partial charge in [0.1, 0.15) is 17.3 Å². The lowest BCUT2D eigenvalue weighted by Gasteiger charge is -2.16. The normalized spacial score (nSPS) is 13.9. The summed E-state index contributed by atoms with van der Waals surface area (Å²) in [7, 11) is 0. The van der Waals surface area contributed by atoms with Crippen LogP contribution in [0.2, 0.25) is 0 Å². The molecule has 0 radical (unpaired) electrons. The van der Waals surface area contributed by atoms with Crippen molar-refractivity contribution in [3.63, 3.8) is 0 Å². The van der Waals surface area contributed by atoms with Crippen molar-refractivity contribution in [2.45, 2.75) is 20.0 Å². The number of hydrogen-bond acceptors (Lipinski definition) is 4. The fourth-order valence-electron chi connectivity index (χ4n) is 3.38. The van der Waals surface area contributed by atoms with E-state index in [1.165, 1.54) is 24.3 Å². The molecule has 0 spiro atoms. The van der Waals surface area contributed by atoms with Crippen molar-refractivity contribution in [3.8, 4) is 5.75 Å². The minimum atomic E-state index is -0.481. The smallest absolute Gasteiger partial charge is 0.282 e. The third-order valence-corrected chi connectivity index (χ3v) is 4.73. The van der Waals surface area contributed by atoms with Gasteiger partial charge in [0, 0.05) is 5.69 Å². The minimum absolute atomic E-state index is 0.00863. The van der Waals surface area contributed by atoms with E-state index in [1.807, 2.05) is 32.0 Å². The van der Waals surface area contributed by atoms with Gasteiger partial charge >= 0.3 is 0 Å². The van der Waals surface area contributed by atoms with Gasteiger partial charge in [0.2, 0.25) is 0 Å². The maximum atomic E-state index is 13.5. The molecule has 0 fully saturated rings. The summed E-state index contributed by atoms with van der Waals surface area (Å²) in [6.45, 7) is 3.84. The number of amides is 2. The number of nitrogens with one attached hydrogen (secondary N) is 1. The first-order chi connectivity index (χ1) is 14.9. The molecule has 4 rings (SSSR count). The molecule has 1 N–H and O–H groups in total. The number of nitrogens with zero attached hydrogens (tertiary/aromatic N) is 1. The van der Waals surface area contributed by atoms with Gasteiger partial charge in [-0.2, -0.15) is 0 Å². The van der Waals surface area contributed by atoms with Crippen LogP contribution in [0.3, 0.4) is 0 Å². The van der Waals surface area contributed by atoms with Crippen LogP contribution in [-0.2, 0) is 9.59 Å². The number of imide groups is 1. The number of para-hydroxylation sites is 1. The molecular formula is C25H21FN2O3. The molecule has 3 aromatic carbocycles. The number of halogens is 1. The van der Waals surface area contributed by atoms with Gasteiger partial charge in [-0.3, -0.25) is 9.59 Å². The third-order valence-electron chi connectivity index (χ3n) is 4.73. The Morgan fingerprint density at radius 1 is 0.839 bits per heavy atom. The average molecular weight is 416 g/mol. The number of hydrogen-bond donors (Lipinski definition) is 1. The van der Waals surface area contributed by atoms with E-state index in [-0.39, 0.29) is 17.4 Å². The van der Waals surface area contributed by atoms with Crippen molar-refractivity contribution in [1.82, 2.24) is 0 Å². The highest BCUT2D eigenvalue weighted by molar-refractivity contribution is 6.46. The maximum absolute atomic E-state index is 13.5. The topological polar surface area (TPSA) is 58.6 Å². The first-order valence-corrected chi connectivity index (χ1v) is 9.92. The van der Waals surface area contributed by atoms with Crippen LogP contribution in [0.4, 0.5) is 15.8 Å². The standard InChI is InChI=1S/C25H21FN2O3/c1-16(2)31-21-14-12-20(13-15-21)28-24(29)22(17-8-10-18(26)11-9-17)23(25(28)30)27-19-6-4-3-5-7-19/h3-16,27H,1-2H3. The number of benzene rings is 3. The van der Waals surface area contributed by atoms with E-state index in [0.29, 0.717) is 22.7 Å². The van der Waals surface area contributed by atoms with E-state index in [2.05, 4.69) is 5.32 Å². The molecule has 0 aliphatic carbocycles. The molecule has 156 valence electrons. The molecule has 0 atom stereocenters. The summed E-state index contributed by atoms with van der Waals surface area (Å²) < 4.78 is 19.1. The Kier molecular flexibility index (Phi) is 5.54. The predicted molar refractivity (Wildman–Crippen MR) is 118 cm³/mol. The van der Waals surface area contributed by atoms with E-state index in [1.54, 1.807) is 36.4 Å². The van der Waals surface area contributed by atoms with Crippen molar-refractivity contribution in [2.24, 2.45) is 0 Å². The van der Waals surface area contributed by atoms with Crippen molar-refractivity contribution in [2.75, 3.05) is 10.2 Å². The molecule has 3 aromatic rings. The zero-order chi connectivity index (χ0) is 22.0. The zero-order valence-corrected chi connectivity index (χ0v) is 17.1. The molecule has 1 aliphatic heterocycles. The Morgan fingerprint density at radius 3 is 2.10 bits per heavy atom. The minimum Gasteiger partial charge on any atom is -0.491 e. The summed E-state index contributed by atoms with van der Waals surface area (Å²) in [5, 5.41) is 3.07. The number of ether oxygens (including phenoxy) is 1. The van der Waals surface area contributed by atoms with Crippen LogP contribution in [-0.4, -0.2) is 17.9 Å². The van der Waals surface area contributed by atoms with E-state index in [9.17, 15) is 14.0 Å². The Hall–Kier alpha value is -3.93. The molecule has 31 heavy (non-hydrogen) atoms. The van der Waals surface area contributed by atoms with E-state index in [4.69, 9.17) is 4.74 Å². The summed E-state index contributed by atoms with van der Waals surface area (Å²) in [6.07, 6.45) is 0.00863. The van der Waals surface area contributed by atoms with Crippen molar-refractivity contribution < 1.29 is 18.7 Å². The van der Waals surface area contributed by atoms with Gasteiger partial charge in [-0.05, 0) is 67.9 Å². The average Bonchev–Trinajstić information content (AvgIpc) is 2.99. The van der Waals surface area contributed by atoms with Crippen LogP contribution < -0.4 is 15.0 Å². The molecule has 6 heteroatoms. The summed E-state index contributed by atoms with van der Waals surface area (Å²) >= 11 is 0. The lowest BCUT2D eigenvalue weighted by Crippen LogP contribution is -2.32. The first kappa shape index (κ1) is 20.3. The lowest BCUT2D eigenvalue weighted by molar-refractivity contribution is -0.120. The zero-order valence-electron chi connectivity index (χ0n) is 17.1. The number of carbonyl (C=O) groups excluding carboxylic acids is 2. The summed E-state index contributed by atoms with van der Waals surface area (Å²) in [6, 6.07) is 21.4. The van der Waals surface area contributed by atoms with Gasteiger partial charge < -0.3 is 10.1 Å². The highest BCUT2D eigenvalue weighted by Gasteiger charge is 2.40. The molecule has 0 aromatic heterocycles. The third kappa shape index (κ3) is 4.19. The quantitative estimate of drug-likeness (QED) is 0.574. The molecule has 5 nitrogen and oxygen atoms in total. The van der Waals surface area contributed by atoms with Gasteiger partial charge in [0.15, 0.2) is 0 Å². The highest BCUT2D eigenvalue weighted by Crippen LogP contribution is 2.34. The molecule has 0 unspecified atom stereocenters. The van der Waals surface area contributed by atoms with Crippen molar-refractivity contribution in [3.05, 3.63) is 95.9 Å². The molecule has 0 saturated carbocycles. The van der Waals surface area contributed by atoms with E-state index < -0.39 is 17.6 Å². The van der Waals surface area contributed by atoms with Gasteiger partial charge in [-0.15, -0.1) is 0 Å².